The summed E-state index contributed by atoms with van der Waals surface area (Å²) in [5, 5.41) is 0. The Morgan fingerprint density at radius 3 is 2.41 bits per heavy atom. The minimum atomic E-state index is -0.892. The molecule has 0 bridgehead atoms. The Kier molecular flexibility index (Phi) is 7.39. The fourth-order valence-corrected chi connectivity index (χ4v) is 2.10. The average molecular weight is 244 g/mol. The number of esters is 1. The van der Waals surface area contributed by atoms with Crippen LogP contribution in [0.2, 0.25) is 0 Å². The summed E-state index contributed by atoms with van der Waals surface area (Å²) in [5.41, 5.74) is 5.14. The van der Waals surface area contributed by atoms with Crippen molar-refractivity contribution in [1.82, 2.24) is 4.90 Å². The van der Waals surface area contributed by atoms with Crippen molar-refractivity contribution in [3.8, 4) is 0 Å². The van der Waals surface area contributed by atoms with Crippen LogP contribution in [0.15, 0.2) is 0 Å². The molecule has 2 unspecified atom stereocenters. The lowest BCUT2D eigenvalue weighted by atomic mass is 9.94. The Labute approximate surface area is 105 Å². The Balaban J connectivity index is 4.42. The third kappa shape index (κ3) is 5.50. The Morgan fingerprint density at radius 1 is 1.41 bits per heavy atom. The highest BCUT2D eigenvalue weighted by molar-refractivity contribution is 5.80. The highest BCUT2D eigenvalue weighted by atomic mass is 16.5. The summed E-state index contributed by atoms with van der Waals surface area (Å²) >= 11 is 0. The summed E-state index contributed by atoms with van der Waals surface area (Å²) in [7, 11) is 0. The van der Waals surface area contributed by atoms with E-state index in [1.165, 1.54) is 0 Å². The van der Waals surface area contributed by atoms with Gasteiger partial charge in [0.25, 0.3) is 0 Å². The molecule has 0 aromatic rings. The summed E-state index contributed by atoms with van der Waals surface area (Å²) in [5.74, 6) is -0.306. The van der Waals surface area contributed by atoms with Crippen LogP contribution in [0.1, 0.15) is 47.5 Å². The van der Waals surface area contributed by atoms with E-state index in [1.807, 2.05) is 0 Å². The molecule has 0 aliphatic rings. The first-order chi connectivity index (χ1) is 7.88. The van der Waals surface area contributed by atoms with Gasteiger partial charge in [0.15, 0.2) is 0 Å². The molecule has 0 spiro atoms. The van der Waals surface area contributed by atoms with Crippen LogP contribution in [0, 0.1) is 0 Å². The van der Waals surface area contributed by atoms with Gasteiger partial charge >= 0.3 is 5.97 Å². The number of nitrogens with two attached hydrogens (primary N) is 1. The van der Waals surface area contributed by atoms with Gasteiger partial charge < -0.3 is 15.4 Å². The van der Waals surface area contributed by atoms with Crippen molar-refractivity contribution in [2.45, 2.75) is 59.0 Å². The SMILES string of the molecule is CCCN(CC)C(C)CC(C)(N)C(=O)OCC. The Bertz CT molecular complexity index is 229. The second kappa shape index (κ2) is 7.67. The zero-order valence-electron chi connectivity index (χ0n) is 12.0. The highest BCUT2D eigenvalue weighted by Gasteiger charge is 2.33. The van der Waals surface area contributed by atoms with E-state index in [0.29, 0.717) is 19.1 Å². The summed E-state index contributed by atoms with van der Waals surface area (Å²) < 4.78 is 5.00. The van der Waals surface area contributed by atoms with Crippen LogP contribution < -0.4 is 5.73 Å². The van der Waals surface area contributed by atoms with Gasteiger partial charge in [0.2, 0.25) is 0 Å². The van der Waals surface area contributed by atoms with Gasteiger partial charge in [-0.3, -0.25) is 4.79 Å². The van der Waals surface area contributed by atoms with Crippen LogP contribution >= 0.6 is 0 Å². The minimum absolute atomic E-state index is 0.291. The molecule has 17 heavy (non-hydrogen) atoms. The number of ether oxygens (including phenoxy) is 1. The van der Waals surface area contributed by atoms with Gasteiger partial charge in [0.1, 0.15) is 5.54 Å². The summed E-state index contributed by atoms with van der Waals surface area (Å²) in [4.78, 5) is 14.0. The quantitative estimate of drug-likeness (QED) is 0.661. The molecule has 0 saturated heterocycles. The molecular formula is C13H28N2O2. The van der Waals surface area contributed by atoms with Crippen LogP contribution in [0.25, 0.3) is 0 Å². The van der Waals surface area contributed by atoms with E-state index in [-0.39, 0.29) is 5.97 Å². The molecule has 0 aromatic carbocycles. The maximum Gasteiger partial charge on any atom is 0.325 e. The van der Waals surface area contributed by atoms with E-state index in [2.05, 4.69) is 25.7 Å². The summed E-state index contributed by atoms with van der Waals surface area (Å²) in [6.45, 7) is 12.3. The molecule has 2 N–H and O–H groups in total. The van der Waals surface area contributed by atoms with Crippen molar-refractivity contribution in [3.05, 3.63) is 0 Å². The van der Waals surface area contributed by atoms with Crippen LogP contribution in [-0.2, 0) is 9.53 Å². The molecular weight excluding hydrogens is 216 g/mol. The lowest BCUT2D eigenvalue weighted by Crippen LogP contribution is -2.51. The smallest absolute Gasteiger partial charge is 0.325 e. The first-order valence-corrected chi connectivity index (χ1v) is 6.59. The molecule has 0 rings (SSSR count). The average Bonchev–Trinajstić information content (AvgIpc) is 2.25. The molecule has 0 heterocycles. The summed E-state index contributed by atoms with van der Waals surface area (Å²) in [6.07, 6.45) is 1.73. The van der Waals surface area contributed by atoms with E-state index in [1.54, 1.807) is 13.8 Å². The normalized spacial score (nSPS) is 16.6. The molecule has 0 aliphatic heterocycles. The number of nitrogens with zero attached hydrogens (tertiary/aromatic N) is 1. The lowest BCUT2D eigenvalue weighted by Gasteiger charge is -2.32. The van der Waals surface area contributed by atoms with Gasteiger partial charge in [-0.05, 0) is 46.7 Å². The van der Waals surface area contributed by atoms with Crippen molar-refractivity contribution < 1.29 is 9.53 Å². The van der Waals surface area contributed by atoms with Crippen molar-refractivity contribution in [1.29, 1.82) is 0 Å². The van der Waals surface area contributed by atoms with Crippen LogP contribution in [0.3, 0.4) is 0 Å². The van der Waals surface area contributed by atoms with Crippen molar-refractivity contribution in [3.63, 3.8) is 0 Å². The number of hydrogen-bond donors (Lipinski definition) is 1. The van der Waals surface area contributed by atoms with Crippen molar-refractivity contribution in [2.24, 2.45) is 5.73 Å². The number of rotatable bonds is 8. The topological polar surface area (TPSA) is 55.6 Å². The van der Waals surface area contributed by atoms with Gasteiger partial charge in [-0.25, -0.2) is 0 Å². The van der Waals surface area contributed by atoms with E-state index in [9.17, 15) is 4.79 Å². The summed E-state index contributed by atoms with van der Waals surface area (Å²) in [6, 6.07) is 0.291. The molecule has 4 heteroatoms. The van der Waals surface area contributed by atoms with Crippen LogP contribution in [0.5, 0.6) is 0 Å². The molecule has 0 saturated carbocycles. The number of hydrogen-bond acceptors (Lipinski definition) is 4. The highest BCUT2D eigenvalue weighted by Crippen LogP contribution is 2.16. The van der Waals surface area contributed by atoms with Crippen LogP contribution in [0.4, 0.5) is 0 Å². The molecule has 2 atom stereocenters. The van der Waals surface area contributed by atoms with E-state index < -0.39 is 5.54 Å². The third-order valence-corrected chi connectivity index (χ3v) is 3.00. The Morgan fingerprint density at radius 2 is 2.00 bits per heavy atom. The molecule has 0 fully saturated rings. The van der Waals surface area contributed by atoms with Crippen molar-refractivity contribution in [2.75, 3.05) is 19.7 Å². The predicted octanol–water partition coefficient (Wildman–Crippen LogP) is 1.78. The third-order valence-electron chi connectivity index (χ3n) is 3.00. The lowest BCUT2D eigenvalue weighted by molar-refractivity contribution is -0.149. The van der Waals surface area contributed by atoms with E-state index in [0.717, 1.165) is 19.5 Å². The maximum absolute atomic E-state index is 11.7. The van der Waals surface area contributed by atoms with Gasteiger partial charge in [0.05, 0.1) is 6.61 Å². The second-order valence-electron chi connectivity index (χ2n) is 4.82. The first-order valence-electron chi connectivity index (χ1n) is 6.59. The molecule has 0 amide bonds. The zero-order chi connectivity index (χ0) is 13.5. The molecule has 0 aromatic heterocycles. The van der Waals surface area contributed by atoms with Gasteiger partial charge in [-0.1, -0.05) is 13.8 Å². The zero-order valence-corrected chi connectivity index (χ0v) is 12.0. The van der Waals surface area contributed by atoms with Gasteiger partial charge in [-0.2, -0.15) is 0 Å². The van der Waals surface area contributed by atoms with E-state index >= 15 is 0 Å². The standard InChI is InChI=1S/C13H28N2O2/c1-6-9-15(7-2)11(4)10-13(5,14)12(16)17-8-3/h11H,6-10,14H2,1-5H3. The molecule has 0 radical (unpaired) electrons. The van der Waals surface area contributed by atoms with Crippen LogP contribution in [-0.4, -0.2) is 42.1 Å². The van der Waals surface area contributed by atoms with Gasteiger partial charge in [-0.15, -0.1) is 0 Å². The molecule has 0 aliphatic carbocycles. The fourth-order valence-electron chi connectivity index (χ4n) is 2.10. The number of carbonyl (C=O) groups is 1. The monoisotopic (exact) mass is 244 g/mol. The Hall–Kier alpha value is -0.610. The predicted molar refractivity (Wildman–Crippen MR) is 70.8 cm³/mol. The fraction of sp³-hybridized carbons (Fsp3) is 0.923. The van der Waals surface area contributed by atoms with E-state index in [4.69, 9.17) is 10.5 Å². The second-order valence-corrected chi connectivity index (χ2v) is 4.82. The largest absolute Gasteiger partial charge is 0.465 e. The van der Waals surface area contributed by atoms with Crippen molar-refractivity contribution >= 4 is 5.97 Å². The molecule has 102 valence electrons. The first kappa shape index (κ1) is 16.4. The minimum Gasteiger partial charge on any atom is -0.465 e. The maximum atomic E-state index is 11.7. The molecule has 4 nitrogen and oxygen atoms in total. The van der Waals surface area contributed by atoms with Gasteiger partial charge in [0, 0.05) is 6.04 Å². The number of carbonyl (C=O) groups excluding carboxylic acids is 1.